The molecule has 31 heavy (non-hydrogen) atoms. The average Bonchev–Trinajstić information content (AvgIpc) is 3.36. The van der Waals surface area contributed by atoms with Crippen LogP contribution >= 0.6 is 0 Å². The number of likely N-dealkylation sites (tertiary alicyclic amines) is 1. The van der Waals surface area contributed by atoms with Crippen molar-refractivity contribution < 1.29 is 27.2 Å². The minimum Gasteiger partial charge on any atom is -0.494 e. The quantitative estimate of drug-likeness (QED) is 0.567. The highest BCUT2D eigenvalue weighted by Gasteiger charge is 2.34. The maximum atomic E-state index is 12.7. The number of carbonyl (C=O) groups is 1. The minimum atomic E-state index is -4.41. The summed E-state index contributed by atoms with van der Waals surface area (Å²) in [5.41, 5.74) is 0.552. The van der Waals surface area contributed by atoms with E-state index >= 15 is 0 Å². The number of halogens is 3. The fourth-order valence-electron chi connectivity index (χ4n) is 3.55. The Balaban J connectivity index is 1.46. The predicted molar refractivity (Wildman–Crippen MR) is 105 cm³/mol. The second-order valence-electron chi connectivity index (χ2n) is 7.25. The molecule has 2 aromatic carbocycles. The van der Waals surface area contributed by atoms with Crippen molar-refractivity contribution in [3.63, 3.8) is 0 Å². The molecule has 1 unspecified atom stereocenters. The van der Waals surface area contributed by atoms with E-state index in [1.807, 2.05) is 31.2 Å². The molecule has 2 heterocycles. The molecule has 1 aliphatic rings. The fourth-order valence-corrected chi connectivity index (χ4v) is 3.55. The zero-order chi connectivity index (χ0) is 22.0. The van der Waals surface area contributed by atoms with Gasteiger partial charge in [-0.15, -0.1) is 0 Å². The van der Waals surface area contributed by atoms with Crippen LogP contribution in [0, 0.1) is 0 Å². The van der Waals surface area contributed by atoms with Crippen molar-refractivity contribution >= 4 is 5.91 Å². The molecule has 0 bridgehead atoms. The summed E-state index contributed by atoms with van der Waals surface area (Å²) in [6.07, 6.45) is -4.17. The Labute approximate surface area is 176 Å². The number of alkyl halides is 3. The first-order valence-electron chi connectivity index (χ1n) is 9.85. The third-order valence-corrected chi connectivity index (χ3v) is 5.11. The molecule has 1 saturated heterocycles. The third-order valence-electron chi connectivity index (χ3n) is 5.11. The van der Waals surface area contributed by atoms with Gasteiger partial charge in [-0.05, 0) is 37.3 Å². The second-order valence-corrected chi connectivity index (χ2v) is 7.25. The molecule has 9 heteroatoms. The molecule has 162 valence electrons. The second kappa shape index (κ2) is 8.41. The first kappa shape index (κ1) is 20.9. The van der Waals surface area contributed by atoms with Crippen LogP contribution < -0.4 is 4.74 Å². The average molecular weight is 431 g/mol. The van der Waals surface area contributed by atoms with E-state index in [1.165, 1.54) is 12.1 Å². The Morgan fingerprint density at radius 1 is 1.16 bits per heavy atom. The van der Waals surface area contributed by atoms with Crippen LogP contribution in [0.4, 0.5) is 13.2 Å². The van der Waals surface area contributed by atoms with Crippen LogP contribution in [0.25, 0.3) is 11.5 Å². The summed E-state index contributed by atoms with van der Waals surface area (Å²) >= 11 is 0. The van der Waals surface area contributed by atoms with Gasteiger partial charge in [-0.25, -0.2) is 0 Å². The number of ether oxygens (including phenoxy) is 1. The Hall–Kier alpha value is -3.36. The zero-order valence-electron chi connectivity index (χ0n) is 16.7. The van der Waals surface area contributed by atoms with Gasteiger partial charge in [0.25, 0.3) is 5.89 Å². The molecule has 0 spiro atoms. The third kappa shape index (κ3) is 4.55. The molecular weight excluding hydrogens is 411 g/mol. The summed E-state index contributed by atoms with van der Waals surface area (Å²) in [5.74, 6) is 0.946. The van der Waals surface area contributed by atoms with Crippen molar-refractivity contribution in [3.05, 3.63) is 65.5 Å². The molecule has 1 aliphatic heterocycles. The summed E-state index contributed by atoms with van der Waals surface area (Å²) in [4.78, 5) is 18.6. The van der Waals surface area contributed by atoms with Crippen LogP contribution in [-0.4, -0.2) is 34.1 Å². The van der Waals surface area contributed by atoms with Crippen LogP contribution in [0.3, 0.4) is 0 Å². The van der Waals surface area contributed by atoms with Crippen molar-refractivity contribution in [3.8, 4) is 17.2 Å². The maximum Gasteiger partial charge on any atom is 0.416 e. The van der Waals surface area contributed by atoms with E-state index in [0.717, 1.165) is 23.4 Å². The smallest absolute Gasteiger partial charge is 0.416 e. The summed E-state index contributed by atoms with van der Waals surface area (Å²) in [7, 11) is 0. The lowest BCUT2D eigenvalue weighted by molar-refractivity contribution is -0.137. The molecule has 1 atom stereocenters. The molecule has 0 radical (unpaired) electrons. The predicted octanol–water partition coefficient (Wildman–Crippen LogP) is 4.67. The van der Waals surface area contributed by atoms with Crippen LogP contribution in [0.2, 0.25) is 0 Å². The van der Waals surface area contributed by atoms with Crippen molar-refractivity contribution in [2.45, 2.75) is 32.0 Å². The van der Waals surface area contributed by atoms with E-state index in [4.69, 9.17) is 9.26 Å². The fraction of sp³-hybridized carbons (Fsp3) is 0.318. The summed E-state index contributed by atoms with van der Waals surface area (Å²) in [6.45, 7) is 3.27. The lowest BCUT2D eigenvalue weighted by atomic mass is 10.1. The number of amides is 1. The van der Waals surface area contributed by atoms with Crippen LogP contribution in [0.1, 0.15) is 36.2 Å². The van der Waals surface area contributed by atoms with E-state index in [0.29, 0.717) is 31.1 Å². The molecule has 1 fully saturated rings. The maximum absolute atomic E-state index is 12.7. The summed E-state index contributed by atoms with van der Waals surface area (Å²) < 4.78 is 49.1. The van der Waals surface area contributed by atoms with Gasteiger partial charge in [0.2, 0.25) is 5.91 Å². The van der Waals surface area contributed by atoms with E-state index < -0.39 is 11.7 Å². The summed E-state index contributed by atoms with van der Waals surface area (Å²) in [6, 6.07) is 12.1. The van der Waals surface area contributed by atoms with E-state index in [9.17, 15) is 18.0 Å². The number of para-hydroxylation sites is 1. The first-order valence-corrected chi connectivity index (χ1v) is 9.85. The van der Waals surface area contributed by atoms with Crippen molar-refractivity contribution in [2.75, 3.05) is 13.2 Å². The van der Waals surface area contributed by atoms with Gasteiger partial charge in [-0.1, -0.05) is 23.4 Å². The number of rotatable bonds is 6. The molecule has 0 N–H and O–H groups in total. The summed E-state index contributed by atoms with van der Waals surface area (Å²) in [5, 5.41) is 3.96. The van der Waals surface area contributed by atoms with Gasteiger partial charge in [-0.3, -0.25) is 4.79 Å². The Bertz CT molecular complexity index is 1060. The number of carbonyl (C=O) groups excluding carboxylic acids is 1. The van der Waals surface area contributed by atoms with Gasteiger partial charge in [0.15, 0.2) is 5.82 Å². The standard InChI is InChI=1S/C22H20F3N3O3/c1-2-30-18-6-4-3-5-15(18)12-28-13-16(11-19(28)29)20-26-21(31-27-20)14-7-9-17(10-8-14)22(23,24)25/h3-10,16H,2,11-13H2,1H3. The topological polar surface area (TPSA) is 68.5 Å². The number of hydrogen-bond donors (Lipinski definition) is 0. The van der Waals surface area contributed by atoms with Gasteiger partial charge in [-0.2, -0.15) is 18.2 Å². The number of hydrogen-bond acceptors (Lipinski definition) is 5. The monoisotopic (exact) mass is 431 g/mol. The number of aromatic nitrogens is 2. The molecular formula is C22H20F3N3O3. The molecule has 1 aromatic heterocycles. The van der Waals surface area contributed by atoms with Crippen LogP contribution in [-0.2, 0) is 17.5 Å². The van der Waals surface area contributed by atoms with Crippen molar-refractivity contribution in [1.29, 1.82) is 0 Å². The highest BCUT2D eigenvalue weighted by atomic mass is 19.4. The Morgan fingerprint density at radius 2 is 1.90 bits per heavy atom. The lowest BCUT2D eigenvalue weighted by Crippen LogP contribution is -2.24. The van der Waals surface area contributed by atoms with Crippen molar-refractivity contribution in [1.82, 2.24) is 15.0 Å². The SMILES string of the molecule is CCOc1ccccc1CN1CC(c2noc(-c3ccc(C(F)(F)F)cc3)n2)CC1=O. The van der Waals surface area contributed by atoms with Gasteiger partial charge >= 0.3 is 6.18 Å². The zero-order valence-corrected chi connectivity index (χ0v) is 16.7. The minimum absolute atomic E-state index is 0.0304. The highest BCUT2D eigenvalue weighted by molar-refractivity contribution is 5.79. The Kier molecular flexibility index (Phi) is 5.67. The number of nitrogens with zero attached hydrogens (tertiary/aromatic N) is 3. The van der Waals surface area contributed by atoms with Gasteiger partial charge in [0.1, 0.15) is 5.75 Å². The molecule has 6 nitrogen and oxygen atoms in total. The van der Waals surface area contributed by atoms with Gasteiger partial charge in [0, 0.05) is 36.6 Å². The first-order chi connectivity index (χ1) is 14.8. The van der Waals surface area contributed by atoms with Gasteiger partial charge in [0.05, 0.1) is 12.2 Å². The molecule has 4 rings (SSSR count). The number of benzene rings is 2. The lowest BCUT2D eigenvalue weighted by Gasteiger charge is -2.18. The van der Waals surface area contributed by atoms with Crippen molar-refractivity contribution in [2.24, 2.45) is 0 Å². The molecule has 0 aliphatic carbocycles. The Morgan fingerprint density at radius 3 is 2.61 bits per heavy atom. The molecule has 1 amide bonds. The largest absolute Gasteiger partial charge is 0.494 e. The van der Waals surface area contributed by atoms with Crippen LogP contribution in [0.5, 0.6) is 5.75 Å². The van der Waals surface area contributed by atoms with E-state index in [2.05, 4.69) is 10.1 Å². The van der Waals surface area contributed by atoms with E-state index in [1.54, 1.807) is 4.90 Å². The highest BCUT2D eigenvalue weighted by Crippen LogP contribution is 2.33. The van der Waals surface area contributed by atoms with Gasteiger partial charge < -0.3 is 14.2 Å². The van der Waals surface area contributed by atoms with Crippen LogP contribution in [0.15, 0.2) is 53.1 Å². The molecule has 3 aromatic rings. The normalized spacial score (nSPS) is 16.7. The molecule has 0 saturated carbocycles. The van der Waals surface area contributed by atoms with E-state index in [-0.39, 0.29) is 24.1 Å².